The third kappa shape index (κ3) is 3.09. The summed E-state index contributed by atoms with van der Waals surface area (Å²) in [5.74, 6) is -0.202. The number of benzene rings is 1. The van der Waals surface area contributed by atoms with Crippen LogP contribution in [0.5, 0.6) is 0 Å². The Morgan fingerprint density at radius 1 is 1.15 bits per heavy atom. The van der Waals surface area contributed by atoms with Crippen LogP contribution in [0.2, 0.25) is 0 Å². The highest BCUT2D eigenvalue weighted by Gasteiger charge is 2.34. The van der Waals surface area contributed by atoms with Crippen LogP contribution in [0.1, 0.15) is 20.7 Å². The summed E-state index contributed by atoms with van der Waals surface area (Å²) >= 11 is 0. The standard InChI is InChI=1S/C16H16N6O4.H2O/c17-16-19-12-11(13(23)20-16)18-7-21(12)8-26-6-5-22-14(24)9-3-1-2-4-10(9)15(22)25;/h1-4,18H,5-8H2,(H3,17,19,20,23);1H2. The maximum atomic E-state index is 12.3. The first kappa shape index (κ1) is 18.4. The molecule has 11 heteroatoms. The van der Waals surface area contributed by atoms with Gasteiger partial charge in [-0.25, -0.2) is 0 Å². The smallest absolute Gasteiger partial charge is 0.277 e. The molecule has 2 aromatic rings. The van der Waals surface area contributed by atoms with Crippen LogP contribution in [0.4, 0.5) is 17.5 Å². The van der Waals surface area contributed by atoms with E-state index in [9.17, 15) is 14.4 Å². The molecule has 0 atom stereocenters. The van der Waals surface area contributed by atoms with E-state index in [4.69, 9.17) is 10.5 Å². The first-order chi connectivity index (χ1) is 12.6. The number of aromatic nitrogens is 2. The quantitative estimate of drug-likeness (QED) is 0.442. The van der Waals surface area contributed by atoms with Gasteiger partial charge in [0.25, 0.3) is 17.4 Å². The Morgan fingerprint density at radius 3 is 2.48 bits per heavy atom. The normalized spacial score (nSPS) is 14.7. The third-order valence-electron chi connectivity index (χ3n) is 4.25. The number of aromatic amines is 1. The van der Waals surface area contributed by atoms with Crippen molar-refractivity contribution in [3.05, 3.63) is 45.7 Å². The van der Waals surface area contributed by atoms with E-state index >= 15 is 0 Å². The predicted octanol–water partition coefficient (Wildman–Crippen LogP) is -1.01. The summed E-state index contributed by atoms with van der Waals surface area (Å²) in [6.07, 6.45) is 0. The highest BCUT2D eigenvalue weighted by atomic mass is 16.5. The lowest BCUT2D eigenvalue weighted by atomic mass is 10.1. The third-order valence-corrected chi connectivity index (χ3v) is 4.25. The number of fused-ring (bicyclic) bond motifs is 2. The number of ether oxygens (including phenoxy) is 1. The van der Waals surface area contributed by atoms with Crippen molar-refractivity contribution in [1.29, 1.82) is 0 Å². The summed E-state index contributed by atoms with van der Waals surface area (Å²) in [6, 6.07) is 6.72. The Bertz CT molecular complexity index is 924. The molecule has 4 rings (SSSR count). The van der Waals surface area contributed by atoms with Gasteiger partial charge in [-0.3, -0.25) is 24.3 Å². The maximum Gasteiger partial charge on any atom is 0.277 e. The maximum absolute atomic E-state index is 12.3. The number of anilines is 3. The van der Waals surface area contributed by atoms with Gasteiger partial charge < -0.3 is 26.2 Å². The summed E-state index contributed by atoms with van der Waals surface area (Å²) in [5.41, 5.74) is 6.37. The van der Waals surface area contributed by atoms with Crippen LogP contribution in [-0.4, -0.2) is 58.7 Å². The second-order valence-corrected chi connectivity index (χ2v) is 5.87. The summed E-state index contributed by atoms with van der Waals surface area (Å²) < 4.78 is 5.56. The molecule has 6 N–H and O–H groups in total. The van der Waals surface area contributed by atoms with Crippen LogP contribution in [0, 0.1) is 0 Å². The van der Waals surface area contributed by atoms with Crippen LogP contribution >= 0.6 is 0 Å². The molecule has 0 fully saturated rings. The highest BCUT2D eigenvalue weighted by Crippen LogP contribution is 2.25. The molecule has 0 unspecified atom stereocenters. The number of carbonyl (C=O) groups excluding carboxylic acids is 2. The van der Waals surface area contributed by atoms with Crippen molar-refractivity contribution in [2.75, 3.05) is 42.5 Å². The van der Waals surface area contributed by atoms with Gasteiger partial charge in [0.05, 0.1) is 30.9 Å². The SMILES string of the molecule is Nc1nc2c(c(=O)[nH]1)NCN2COCCN1C(=O)c2ccccc2C1=O.O. The predicted molar refractivity (Wildman–Crippen MR) is 96.5 cm³/mol. The molecule has 27 heavy (non-hydrogen) atoms. The van der Waals surface area contributed by atoms with E-state index < -0.39 is 0 Å². The molecular formula is C16H18N6O5. The van der Waals surface area contributed by atoms with Crippen LogP contribution in [-0.2, 0) is 4.74 Å². The van der Waals surface area contributed by atoms with Gasteiger partial charge in [-0.1, -0.05) is 12.1 Å². The Labute approximate surface area is 153 Å². The van der Waals surface area contributed by atoms with Crippen molar-refractivity contribution in [2.45, 2.75) is 0 Å². The van der Waals surface area contributed by atoms with Crippen molar-refractivity contribution in [2.24, 2.45) is 0 Å². The number of nitrogens with zero attached hydrogens (tertiary/aromatic N) is 3. The molecule has 1 aromatic heterocycles. The fourth-order valence-corrected chi connectivity index (χ4v) is 3.00. The Balaban J connectivity index is 0.00000210. The van der Waals surface area contributed by atoms with Crippen molar-refractivity contribution in [3.63, 3.8) is 0 Å². The Morgan fingerprint density at radius 2 is 1.81 bits per heavy atom. The minimum absolute atomic E-state index is 0. The van der Waals surface area contributed by atoms with Crippen LogP contribution in [0.3, 0.4) is 0 Å². The van der Waals surface area contributed by atoms with Gasteiger partial charge >= 0.3 is 0 Å². The zero-order valence-corrected chi connectivity index (χ0v) is 14.2. The van der Waals surface area contributed by atoms with Gasteiger partial charge in [0.2, 0.25) is 5.95 Å². The van der Waals surface area contributed by atoms with E-state index in [1.54, 1.807) is 29.2 Å². The van der Waals surface area contributed by atoms with Crippen LogP contribution in [0.25, 0.3) is 0 Å². The van der Waals surface area contributed by atoms with E-state index in [0.717, 1.165) is 0 Å². The van der Waals surface area contributed by atoms with Crippen molar-refractivity contribution in [1.82, 2.24) is 14.9 Å². The molecule has 2 aliphatic heterocycles. The number of rotatable bonds is 5. The Kier molecular flexibility index (Phi) is 4.79. The fraction of sp³-hybridized carbons (Fsp3) is 0.250. The van der Waals surface area contributed by atoms with E-state index in [1.165, 1.54) is 4.90 Å². The number of nitrogen functional groups attached to an aromatic ring is 1. The molecular weight excluding hydrogens is 356 g/mol. The first-order valence-corrected chi connectivity index (χ1v) is 7.98. The molecule has 2 amide bonds. The molecule has 2 aliphatic rings. The monoisotopic (exact) mass is 374 g/mol. The molecule has 11 nitrogen and oxygen atoms in total. The second-order valence-electron chi connectivity index (χ2n) is 5.87. The van der Waals surface area contributed by atoms with Gasteiger partial charge in [-0.15, -0.1) is 0 Å². The van der Waals surface area contributed by atoms with E-state index in [-0.39, 0.29) is 48.7 Å². The molecule has 142 valence electrons. The number of amides is 2. The van der Waals surface area contributed by atoms with Crippen molar-refractivity contribution >= 4 is 29.3 Å². The minimum atomic E-state index is -0.346. The molecule has 0 aliphatic carbocycles. The molecule has 1 aromatic carbocycles. The number of nitrogens with two attached hydrogens (primary N) is 1. The van der Waals surface area contributed by atoms with Crippen molar-refractivity contribution < 1.29 is 19.8 Å². The van der Waals surface area contributed by atoms with Crippen LogP contribution in [0.15, 0.2) is 29.1 Å². The lowest BCUT2D eigenvalue weighted by Crippen LogP contribution is -2.34. The summed E-state index contributed by atoms with van der Waals surface area (Å²) in [7, 11) is 0. The van der Waals surface area contributed by atoms with E-state index in [0.29, 0.717) is 29.3 Å². The fourth-order valence-electron chi connectivity index (χ4n) is 3.00. The number of H-pyrrole nitrogens is 1. The lowest BCUT2D eigenvalue weighted by Gasteiger charge is -2.18. The number of carbonyl (C=O) groups is 2. The average molecular weight is 374 g/mol. The number of imide groups is 1. The number of hydrogen-bond donors (Lipinski definition) is 3. The van der Waals surface area contributed by atoms with Crippen molar-refractivity contribution in [3.8, 4) is 0 Å². The van der Waals surface area contributed by atoms with Gasteiger partial charge in [0.15, 0.2) is 5.82 Å². The van der Waals surface area contributed by atoms with Gasteiger partial charge in [0, 0.05) is 0 Å². The van der Waals surface area contributed by atoms with Gasteiger partial charge in [-0.2, -0.15) is 4.98 Å². The summed E-state index contributed by atoms with van der Waals surface area (Å²) in [6.45, 7) is 0.794. The summed E-state index contributed by atoms with van der Waals surface area (Å²) in [5, 5.41) is 2.92. The van der Waals surface area contributed by atoms with Crippen LogP contribution < -0.4 is 21.5 Å². The molecule has 0 saturated carbocycles. The molecule has 0 spiro atoms. The zero-order chi connectivity index (χ0) is 18.3. The lowest BCUT2D eigenvalue weighted by molar-refractivity contribution is 0.0565. The summed E-state index contributed by atoms with van der Waals surface area (Å²) in [4.78, 5) is 45.7. The highest BCUT2D eigenvalue weighted by molar-refractivity contribution is 6.21. The average Bonchev–Trinajstić information content (AvgIpc) is 3.13. The van der Waals surface area contributed by atoms with E-state index in [2.05, 4.69) is 15.3 Å². The number of nitrogens with one attached hydrogen (secondary N) is 2. The molecule has 0 saturated heterocycles. The number of hydrogen-bond acceptors (Lipinski definition) is 8. The zero-order valence-electron chi connectivity index (χ0n) is 14.2. The molecule has 0 radical (unpaired) electrons. The van der Waals surface area contributed by atoms with E-state index in [1.807, 2.05) is 0 Å². The largest absolute Gasteiger partial charge is 0.412 e. The first-order valence-electron chi connectivity index (χ1n) is 7.98. The van der Waals surface area contributed by atoms with Gasteiger partial charge in [0.1, 0.15) is 12.4 Å². The second kappa shape index (κ2) is 7.05. The van der Waals surface area contributed by atoms with Gasteiger partial charge in [-0.05, 0) is 12.1 Å². The minimum Gasteiger partial charge on any atom is -0.412 e. The Hall–Kier alpha value is -3.44. The molecule has 3 heterocycles. The topological polar surface area (TPSA) is 165 Å². The molecule has 0 bridgehead atoms.